The first-order valence-corrected chi connectivity index (χ1v) is 8.57. The zero-order valence-corrected chi connectivity index (χ0v) is 15.7. The number of anilines is 2. The second-order valence-electron chi connectivity index (χ2n) is 5.77. The first-order valence-electron chi connectivity index (χ1n) is 7.77. The number of nitrogens with one attached hydrogen (secondary N) is 1. The van der Waals surface area contributed by atoms with Crippen LogP contribution in [0.5, 0.6) is 0 Å². The van der Waals surface area contributed by atoms with Gasteiger partial charge in [0.15, 0.2) is 0 Å². The Bertz CT molecular complexity index is 759. The first-order chi connectivity index (χ1) is 11.4. The summed E-state index contributed by atoms with van der Waals surface area (Å²) in [6, 6.07) is 13.4. The Hall–Kier alpha value is -2.14. The summed E-state index contributed by atoms with van der Waals surface area (Å²) >= 11 is 3.44. The van der Waals surface area contributed by atoms with Crippen molar-refractivity contribution in [1.29, 1.82) is 0 Å². The zero-order valence-electron chi connectivity index (χ0n) is 14.1. The van der Waals surface area contributed by atoms with Gasteiger partial charge in [0.05, 0.1) is 0 Å². The van der Waals surface area contributed by atoms with Crippen molar-refractivity contribution < 1.29 is 9.59 Å². The Morgan fingerprint density at radius 2 is 1.88 bits per heavy atom. The number of rotatable bonds is 5. The Balaban J connectivity index is 2.00. The fourth-order valence-electron chi connectivity index (χ4n) is 2.42. The highest BCUT2D eigenvalue weighted by Crippen LogP contribution is 2.20. The maximum absolute atomic E-state index is 12.2. The zero-order chi connectivity index (χ0) is 17.7. The number of hydrogen-bond acceptors (Lipinski definition) is 2. The van der Waals surface area contributed by atoms with Gasteiger partial charge in [-0.2, -0.15) is 0 Å². The molecule has 0 aliphatic rings. The maximum Gasteiger partial charge on any atom is 0.226 e. The van der Waals surface area contributed by atoms with Gasteiger partial charge in [-0.05, 0) is 55.3 Å². The molecule has 0 aliphatic heterocycles. The Morgan fingerprint density at radius 3 is 2.50 bits per heavy atom. The SMILES string of the molecule is CC(=O)N(CCC(=O)Nc1ccc(Br)c(C)c1)c1cccc(C)c1. The average molecular weight is 389 g/mol. The van der Waals surface area contributed by atoms with Gasteiger partial charge in [0.1, 0.15) is 0 Å². The highest BCUT2D eigenvalue weighted by Gasteiger charge is 2.13. The van der Waals surface area contributed by atoms with Crippen LogP contribution in [-0.4, -0.2) is 18.4 Å². The lowest BCUT2D eigenvalue weighted by molar-refractivity contribution is -0.117. The highest BCUT2D eigenvalue weighted by atomic mass is 79.9. The monoisotopic (exact) mass is 388 g/mol. The highest BCUT2D eigenvalue weighted by molar-refractivity contribution is 9.10. The number of halogens is 1. The van der Waals surface area contributed by atoms with Crippen molar-refractivity contribution in [3.8, 4) is 0 Å². The van der Waals surface area contributed by atoms with E-state index in [1.807, 2.05) is 56.3 Å². The molecule has 2 aromatic carbocycles. The number of carbonyl (C=O) groups excluding carboxylic acids is 2. The number of nitrogens with zero attached hydrogens (tertiary/aromatic N) is 1. The molecule has 0 spiro atoms. The molecule has 5 heteroatoms. The smallest absolute Gasteiger partial charge is 0.226 e. The van der Waals surface area contributed by atoms with Crippen LogP contribution in [0.15, 0.2) is 46.9 Å². The third kappa shape index (κ3) is 4.93. The van der Waals surface area contributed by atoms with E-state index in [0.29, 0.717) is 6.54 Å². The Kier molecular flexibility index (Phi) is 6.15. The second kappa shape index (κ2) is 8.11. The van der Waals surface area contributed by atoms with Gasteiger partial charge in [-0.25, -0.2) is 0 Å². The molecule has 0 atom stereocenters. The van der Waals surface area contributed by atoms with Crippen LogP contribution in [0.1, 0.15) is 24.5 Å². The van der Waals surface area contributed by atoms with E-state index in [9.17, 15) is 9.59 Å². The molecule has 2 rings (SSSR count). The van der Waals surface area contributed by atoms with E-state index >= 15 is 0 Å². The van der Waals surface area contributed by atoms with Crippen LogP contribution in [0.4, 0.5) is 11.4 Å². The van der Waals surface area contributed by atoms with E-state index in [4.69, 9.17) is 0 Å². The van der Waals surface area contributed by atoms with Crippen LogP contribution in [0, 0.1) is 13.8 Å². The van der Waals surface area contributed by atoms with Crippen molar-refractivity contribution in [2.24, 2.45) is 0 Å². The van der Waals surface area contributed by atoms with Crippen molar-refractivity contribution in [1.82, 2.24) is 0 Å². The summed E-state index contributed by atoms with van der Waals surface area (Å²) in [6.45, 7) is 5.80. The molecule has 0 fully saturated rings. The van der Waals surface area contributed by atoms with Crippen LogP contribution in [0.25, 0.3) is 0 Å². The third-order valence-corrected chi connectivity index (χ3v) is 4.59. The predicted octanol–water partition coefficient (Wildman–Crippen LogP) is 4.45. The summed E-state index contributed by atoms with van der Waals surface area (Å²) in [6.07, 6.45) is 0.239. The van der Waals surface area contributed by atoms with Gasteiger partial charge in [0, 0.05) is 35.7 Å². The summed E-state index contributed by atoms with van der Waals surface area (Å²) in [5, 5.41) is 2.87. The maximum atomic E-state index is 12.2. The third-order valence-electron chi connectivity index (χ3n) is 3.70. The van der Waals surface area contributed by atoms with Crippen LogP contribution in [0.3, 0.4) is 0 Å². The van der Waals surface area contributed by atoms with E-state index < -0.39 is 0 Å². The van der Waals surface area contributed by atoms with Gasteiger partial charge >= 0.3 is 0 Å². The van der Waals surface area contributed by atoms with Crippen molar-refractivity contribution in [2.75, 3.05) is 16.8 Å². The molecule has 0 aliphatic carbocycles. The molecule has 126 valence electrons. The molecule has 1 N–H and O–H groups in total. The van der Waals surface area contributed by atoms with Crippen LogP contribution >= 0.6 is 15.9 Å². The summed E-state index contributed by atoms with van der Waals surface area (Å²) in [5.41, 5.74) is 3.70. The number of aryl methyl sites for hydroxylation is 2. The van der Waals surface area contributed by atoms with Crippen molar-refractivity contribution in [3.63, 3.8) is 0 Å². The lowest BCUT2D eigenvalue weighted by Crippen LogP contribution is -2.32. The number of amides is 2. The van der Waals surface area contributed by atoms with E-state index in [1.54, 1.807) is 4.90 Å². The minimum atomic E-state index is -0.115. The molecule has 0 saturated carbocycles. The molecule has 0 unspecified atom stereocenters. The van der Waals surface area contributed by atoms with Crippen molar-refractivity contribution >= 4 is 39.1 Å². The molecule has 4 nitrogen and oxygen atoms in total. The van der Waals surface area contributed by atoms with Gasteiger partial charge in [0.2, 0.25) is 11.8 Å². The molecular weight excluding hydrogens is 368 g/mol. The lowest BCUT2D eigenvalue weighted by Gasteiger charge is -2.21. The molecule has 0 saturated heterocycles. The average Bonchev–Trinajstić information content (AvgIpc) is 2.51. The Morgan fingerprint density at radius 1 is 1.12 bits per heavy atom. The normalized spacial score (nSPS) is 10.3. The molecule has 0 heterocycles. The standard InChI is InChI=1S/C19H21BrN2O2/c1-13-5-4-6-17(11-13)22(15(3)23)10-9-19(24)21-16-7-8-18(20)14(2)12-16/h4-8,11-12H,9-10H2,1-3H3,(H,21,24). The molecule has 0 bridgehead atoms. The van der Waals surface area contributed by atoms with E-state index in [1.165, 1.54) is 6.92 Å². The van der Waals surface area contributed by atoms with Crippen LogP contribution in [-0.2, 0) is 9.59 Å². The largest absolute Gasteiger partial charge is 0.326 e. The minimum Gasteiger partial charge on any atom is -0.326 e. The first kappa shape index (κ1) is 18.2. The topological polar surface area (TPSA) is 49.4 Å². The Labute approximate surface area is 151 Å². The fourth-order valence-corrected chi connectivity index (χ4v) is 2.67. The quantitative estimate of drug-likeness (QED) is 0.822. The summed E-state index contributed by atoms with van der Waals surface area (Å²) < 4.78 is 1.00. The van der Waals surface area contributed by atoms with E-state index in [-0.39, 0.29) is 18.2 Å². The fraction of sp³-hybridized carbons (Fsp3) is 0.263. The van der Waals surface area contributed by atoms with Crippen molar-refractivity contribution in [3.05, 3.63) is 58.1 Å². The van der Waals surface area contributed by atoms with Gasteiger partial charge in [-0.1, -0.05) is 28.1 Å². The van der Waals surface area contributed by atoms with E-state index in [2.05, 4.69) is 21.2 Å². The molecule has 2 amide bonds. The van der Waals surface area contributed by atoms with Gasteiger partial charge < -0.3 is 10.2 Å². The summed E-state index contributed by atoms with van der Waals surface area (Å²) in [4.78, 5) is 25.7. The minimum absolute atomic E-state index is 0.0760. The van der Waals surface area contributed by atoms with E-state index in [0.717, 1.165) is 27.0 Å². The van der Waals surface area contributed by atoms with Crippen LogP contribution < -0.4 is 10.2 Å². The molecule has 24 heavy (non-hydrogen) atoms. The van der Waals surface area contributed by atoms with Crippen LogP contribution in [0.2, 0.25) is 0 Å². The summed E-state index contributed by atoms with van der Waals surface area (Å²) in [5.74, 6) is -0.191. The summed E-state index contributed by atoms with van der Waals surface area (Å²) in [7, 11) is 0. The number of carbonyl (C=O) groups is 2. The molecule has 0 radical (unpaired) electrons. The predicted molar refractivity (Wildman–Crippen MR) is 101 cm³/mol. The van der Waals surface area contributed by atoms with Gasteiger partial charge in [-0.3, -0.25) is 9.59 Å². The lowest BCUT2D eigenvalue weighted by atomic mass is 10.2. The van der Waals surface area contributed by atoms with Crippen molar-refractivity contribution in [2.45, 2.75) is 27.2 Å². The number of hydrogen-bond donors (Lipinski definition) is 1. The van der Waals surface area contributed by atoms with Gasteiger partial charge in [0.25, 0.3) is 0 Å². The second-order valence-corrected chi connectivity index (χ2v) is 6.63. The molecular formula is C19H21BrN2O2. The van der Waals surface area contributed by atoms with Gasteiger partial charge in [-0.15, -0.1) is 0 Å². The number of benzene rings is 2. The molecule has 2 aromatic rings. The molecule has 0 aromatic heterocycles.